The van der Waals surface area contributed by atoms with E-state index in [1.165, 1.54) is 38.0 Å². The van der Waals surface area contributed by atoms with Crippen LogP contribution in [0.4, 0.5) is 0 Å². The Labute approximate surface area is 129 Å². The minimum atomic E-state index is 0.313. The van der Waals surface area contributed by atoms with Gasteiger partial charge in [0.1, 0.15) is 5.75 Å². The van der Waals surface area contributed by atoms with Crippen LogP contribution in [0.25, 0.3) is 0 Å². The molecule has 2 unspecified atom stereocenters. The van der Waals surface area contributed by atoms with Gasteiger partial charge in [-0.15, -0.1) is 0 Å². The van der Waals surface area contributed by atoms with Gasteiger partial charge >= 0.3 is 0 Å². The van der Waals surface area contributed by atoms with Gasteiger partial charge in [0, 0.05) is 24.2 Å². The number of piperidine rings is 1. The Morgan fingerprint density at radius 1 is 1.33 bits per heavy atom. The van der Waals surface area contributed by atoms with E-state index in [1.54, 1.807) is 7.11 Å². The molecule has 0 saturated carbocycles. The summed E-state index contributed by atoms with van der Waals surface area (Å²) in [5.74, 6) is 1.72. The molecule has 1 aromatic rings. The number of benzene rings is 1. The van der Waals surface area contributed by atoms with Crippen molar-refractivity contribution in [1.29, 1.82) is 0 Å². The summed E-state index contributed by atoms with van der Waals surface area (Å²) >= 11 is 0. The summed E-state index contributed by atoms with van der Waals surface area (Å²) < 4.78 is 5.48. The Bertz CT molecular complexity index is 435. The first-order valence-corrected chi connectivity index (χ1v) is 8.27. The molecular weight excluding hydrogens is 260 g/mol. The van der Waals surface area contributed by atoms with Crippen molar-refractivity contribution < 1.29 is 4.74 Å². The van der Waals surface area contributed by atoms with Crippen LogP contribution in [-0.4, -0.2) is 37.7 Å². The number of nitrogens with zero attached hydrogens (tertiary/aromatic N) is 1. The third kappa shape index (κ3) is 4.21. The zero-order chi connectivity index (χ0) is 15.2. The zero-order valence-corrected chi connectivity index (χ0v) is 13.9. The molecule has 1 N–H and O–H groups in total. The Morgan fingerprint density at radius 3 is 2.81 bits per heavy atom. The molecule has 0 amide bonds. The molecule has 2 rings (SSSR count). The number of nitrogens with one attached hydrogen (secondary N) is 1. The lowest BCUT2D eigenvalue weighted by atomic mass is 9.90. The number of rotatable bonds is 6. The van der Waals surface area contributed by atoms with Crippen LogP contribution in [-0.2, 0) is 0 Å². The molecule has 1 aromatic carbocycles. The maximum absolute atomic E-state index is 5.48. The topological polar surface area (TPSA) is 24.5 Å². The molecule has 3 nitrogen and oxygen atoms in total. The van der Waals surface area contributed by atoms with Crippen LogP contribution in [0, 0.1) is 5.92 Å². The molecule has 21 heavy (non-hydrogen) atoms. The van der Waals surface area contributed by atoms with E-state index < -0.39 is 0 Å². The second kappa shape index (κ2) is 7.81. The standard InChI is InChI=1S/C18H30N2O/c1-5-20-12-8-9-16(13-20)14(2)19-15(3)17-10-6-7-11-18(17)21-4/h6-7,10-11,14-16,19H,5,8-9,12-13H2,1-4H3/t14?,15-,16?/m0/s1. The van der Waals surface area contributed by atoms with Crippen LogP contribution in [0.5, 0.6) is 5.75 Å². The van der Waals surface area contributed by atoms with Gasteiger partial charge in [-0.2, -0.15) is 0 Å². The molecular formula is C18H30N2O. The van der Waals surface area contributed by atoms with E-state index in [4.69, 9.17) is 4.74 Å². The van der Waals surface area contributed by atoms with Gasteiger partial charge in [0.15, 0.2) is 0 Å². The molecule has 0 spiro atoms. The molecule has 1 fully saturated rings. The first-order valence-electron chi connectivity index (χ1n) is 8.27. The largest absolute Gasteiger partial charge is 0.496 e. The summed E-state index contributed by atoms with van der Waals surface area (Å²) in [4.78, 5) is 2.57. The number of hydrogen-bond acceptors (Lipinski definition) is 3. The van der Waals surface area contributed by atoms with E-state index in [0.29, 0.717) is 12.1 Å². The highest BCUT2D eigenvalue weighted by molar-refractivity contribution is 5.35. The van der Waals surface area contributed by atoms with Crippen LogP contribution in [0.2, 0.25) is 0 Å². The third-order valence-electron chi connectivity index (χ3n) is 4.81. The van der Waals surface area contributed by atoms with Gasteiger partial charge in [0.25, 0.3) is 0 Å². The van der Waals surface area contributed by atoms with E-state index in [9.17, 15) is 0 Å². The van der Waals surface area contributed by atoms with Crippen molar-refractivity contribution in [3.05, 3.63) is 29.8 Å². The summed E-state index contributed by atoms with van der Waals surface area (Å²) in [6.07, 6.45) is 2.66. The van der Waals surface area contributed by atoms with Crippen molar-refractivity contribution in [1.82, 2.24) is 10.2 Å². The highest BCUT2D eigenvalue weighted by Crippen LogP contribution is 2.27. The molecule has 0 bridgehead atoms. The van der Waals surface area contributed by atoms with Gasteiger partial charge in [0.05, 0.1) is 7.11 Å². The Hall–Kier alpha value is -1.06. The van der Waals surface area contributed by atoms with Crippen molar-refractivity contribution in [2.45, 2.75) is 45.7 Å². The van der Waals surface area contributed by atoms with Gasteiger partial charge in [-0.1, -0.05) is 25.1 Å². The molecule has 0 radical (unpaired) electrons. The van der Waals surface area contributed by atoms with Gasteiger partial charge in [-0.05, 0) is 51.8 Å². The number of methoxy groups -OCH3 is 1. The van der Waals surface area contributed by atoms with Crippen LogP contribution in [0.15, 0.2) is 24.3 Å². The van der Waals surface area contributed by atoms with Gasteiger partial charge in [-0.25, -0.2) is 0 Å². The smallest absolute Gasteiger partial charge is 0.123 e. The fourth-order valence-electron chi connectivity index (χ4n) is 3.43. The lowest BCUT2D eigenvalue weighted by molar-refractivity contribution is 0.153. The molecule has 3 heteroatoms. The minimum absolute atomic E-state index is 0.313. The number of para-hydroxylation sites is 1. The molecule has 1 heterocycles. The third-order valence-corrected chi connectivity index (χ3v) is 4.81. The predicted molar refractivity (Wildman–Crippen MR) is 88.8 cm³/mol. The van der Waals surface area contributed by atoms with E-state index in [1.807, 2.05) is 12.1 Å². The van der Waals surface area contributed by atoms with Crippen molar-refractivity contribution in [2.24, 2.45) is 5.92 Å². The van der Waals surface area contributed by atoms with Crippen molar-refractivity contribution in [3.8, 4) is 5.75 Å². The lowest BCUT2D eigenvalue weighted by Crippen LogP contribution is -2.45. The van der Waals surface area contributed by atoms with Crippen LogP contribution >= 0.6 is 0 Å². The van der Waals surface area contributed by atoms with Crippen LogP contribution < -0.4 is 10.1 Å². The predicted octanol–water partition coefficient (Wildman–Crippen LogP) is 3.47. The molecule has 1 aliphatic heterocycles. The maximum atomic E-state index is 5.48. The molecule has 0 aliphatic carbocycles. The zero-order valence-electron chi connectivity index (χ0n) is 13.9. The quantitative estimate of drug-likeness (QED) is 0.868. The fourth-order valence-corrected chi connectivity index (χ4v) is 3.43. The second-order valence-electron chi connectivity index (χ2n) is 6.21. The van der Waals surface area contributed by atoms with Gasteiger partial charge in [-0.3, -0.25) is 0 Å². The second-order valence-corrected chi connectivity index (χ2v) is 6.21. The van der Waals surface area contributed by atoms with Crippen LogP contribution in [0.3, 0.4) is 0 Å². The molecule has 3 atom stereocenters. The summed E-state index contributed by atoms with van der Waals surface area (Å²) in [5.41, 5.74) is 1.25. The first-order chi connectivity index (χ1) is 10.2. The molecule has 118 valence electrons. The molecule has 0 aromatic heterocycles. The average molecular weight is 290 g/mol. The monoisotopic (exact) mass is 290 g/mol. The van der Waals surface area contributed by atoms with E-state index in [2.05, 4.69) is 43.1 Å². The minimum Gasteiger partial charge on any atom is -0.496 e. The number of hydrogen-bond donors (Lipinski definition) is 1. The average Bonchev–Trinajstić information content (AvgIpc) is 2.54. The van der Waals surface area contributed by atoms with Crippen molar-refractivity contribution in [2.75, 3.05) is 26.7 Å². The van der Waals surface area contributed by atoms with Crippen LogP contribution in [0.1, 0.15) is 45.2 Å². The maximum Gasteiger partial charge on any atom is 0.123 e. The van der Waals surface area contributed by atoms with E-state index in [0.717, 1.165) is 11.7 Å². The summed E-state index contributed by atoms with van der Waals surface area (Å²) in [6.45, 7) is 10.5. The normalized spacial score (nSPS) is 22.8. The highest BCUT2D eigenvalue weighted by atomic mass is 16.5. The highest BCUT2D eigenvalue weighted by Gasteiger charge is 2.25. The SMILES string of the molecule is CCN1CCCC(C(C)N[C@@H](C)c2ccccc2OC)C1. The first kappa shape index (κ1) is 16.3. The van der Waals surface area contributed by atoms with E-state index in [-0.39, 0.29) is 0 Å². The Kier molecular flexibility index (Phi) is 6.07. The van der Waals surface area contributed by atoms with Gasteiger partial charge in [0.2, 0.25) is 0 Å². The van der Waals surface area contributed by atoms with E-state index >= 15 is 0 Å². The summed E-state index contributed by atoms with van der Waals surface area (Å²) in [5, 5.41) is 3.78. The summed E-state index contributed by atoms with van der Waals surface area (Å²) in [6, 6.07) is 9.14. The Balaban J connectivity index is 1.96. The van der Waals surface area contributed by atoms with Crippen molar-refractivity contribution >= 4 is 0 Å². The van der Waals surface area contributed by atoms with Gasteiger partial charge < -0.3 is 15.0 Å². The molecule has 1 aliphatic rings. The number of ether oxygens (including phenoxy) is 1. The van der Waals surface area contributed by atoms with Crippen molar-refractivity contribution in [3.63, 3.8) is 0 Å². The fraction of sp³-hybridized carbons (Fsp3) is 0.667. The summed E-state index contributed by atoms with van der Waals surface area (Å²) in [7, 11) is 1.75. The Morgan fingerprint density at radius 2 is 2.10 bits per heavy atom. The number of likely N-dealkylation sites (tertiary alicyclic amines) is 1. The lowest BCUT2D eigenvalue weighted by Gasteiger charge is -2.36. The molecule has 1 saturated heterocycles.